The highest BCUT2D eigenvalue weighted by atomic mass is 32.2. The molecule has 2 heterocycles. The highest BCUT2D eigenvalue weighted by molar-refractivity contribution is 7.91. The van der Waals surface area contributed by atoms with Crippen LogP contribution in [0.2, 0.25) is 0 Å². The number of nitrogens with one attached hydrogen (secondary N) is 1. The number of furan rings is 1. The Hall–Kier alpha value is -0.850. The van der Waals surface area contributed by atoms with Crippen LogP contribution in [0.3, 0.4) is 0 Å². The molecule has 0 aromatic carbocycles. The van der Waals surface area contributed by atoms with Gasteiger partial charge in [-0.2, -0.15) is 0 Å². The molecule has 0 radical (unpaired) electrons. The van der Waals surface area contributed by atoms with Crippen molar-refractivity contribution >= 4 is 9.84 Å². The minimum atomic E-state index is -2.84. The highest BCUT2D eigenvalue weighted by Gasteiger charge is 2.19. The molecule has 2 rings (SSSR count). The predicted molar refractivity (Wildman–Crippen MR) is 79.2 cm³/mol. The fourth-order valence-electron chi connectivity index (χ4n) is 2.29. The van der Waals surface area contributed by atoms with Gasteiger partial charge < -0.3 is 9.73 Å². The molecule has 1 fully saturated rings. The topological polar surface area (TPSA) is 62.6 Å². The first-order chi connectivity index (χ1) is 9.44. The Balaban J connectivity index is 1.87. The lowest BCUT2D eigenvalue weighted by Gasteiger charge is -2.17. The third-order valence-electron chi connectivity index (χ3n) is 3.45. The van der Waals surface area contributed by atoms with E-state index in [2.05, 4.69) is 30.1 Å². The van der Waals surface area contributed by atoms with Crippen LogP contribution in [0.25, 0.3) is 0 Å². The van der Waals surface area contributed by atoms with Crippen LogP contribution < -0.4 is 5.32 Å². The van der Waals surface area contributed by atoms with Crippen LogP contribution in [-0.2, 0) is 22.9 Å². The molecule has 6 heteroatoms. The zero-order chi connectivity index (χ0) is 14.6. The monoisotopic (exact) mass is 300 g/mol. The van der Waals surface area contributed by atoms with Crippen molar-refractivity contribution in [2.24, 2.45) is 0 Å². The Morgan fingerprint density at radius 3 is 2.90 bits per heavy atom. The van der Waals surface area contributed by atoms with Gasteiger partial charge in [0.25, 0.3) is 0 Å². The molecule has 114 valence electrons. The molecule has 0 aliphatic carbocycles. The van der Waals surface area contributed by atoms with E-state index in [1.54, 1.807) is 6.26 Å². The van der Waals surface area contributed by atoms with E-state index < -0.39 is 9.84 Å². The second kappa shape index (κ2) is 6.74. The van der Waals surface area contributed by atoms with Crippen LogP contribution in [-0.4, -0.2) is 44.0 Å². The van der Waals surface area contributed by atoms with Crippen molar-refractivity contribution in [1.82, 2.24) is 10.2 Å². The molecule has 0 unspecified atom stereocenters. The van der Waals surface area contributed by atoms with Crippen molar-refractivity contribution < 1.29 is 12.8 Å². The van der Waals surface area contributed by atoms with Crippen LogP contribution >= 0.6 is 0 Å². The van der Waals surface area contributed by atoms with Crippen LogP contribution in [0, 0.1) is 0 Å². The van der Waals surface area contributed by atoms with Gasteiger partial charge in [-0.3, -0.25) is 4.90 Å². The molecule has 20 heavy (non-hydrogen) atoms. The van der Waals surface area contributed by atoms with Crippen molar-refractivity contribution in [3.05, 3.63) is 23.7 Å². The summed E-state index contributed by atoms with van der Waals surface area (Å²) in [7, 11) is -2.84. The SMILES string of the molecule is CC(C)NCc1coc(CN2CCCS(=O)(=O)CC2)c1. The average Bonchev–Trinajstić information content (AvgIpc) is 2.73. The first-order valence-electron chi connectivity index (χ1n) is 7.17. The molecule has 1 saturated heterocycles. The minimum Gasteiger partial charge on any atom is -0.468 e. The van der Waals surface area contributed by atoms with Gasteiger partial charge in [0.1, 0.15) is 5.76 Å². The van der Waals surface area contributed by atoms with Gasteiger partial charge >= 0.3 is 0 Å². The van der Waals surface area contributed by atoms with E-state index in [0.717, 1.165) is 24.4 Å². The number of rotatable bonds is 5. The average molecular weight is 300 g/mol. The number of hydrogen-bond donors (Lipinski definition) is 1. The minimum absolute atomic E-state index is 0.259. The van der Waals surface area contributed by atoms with E-state index in [4.69, 9.17) is 4.42 Å². The highest BCUT2D eigenvalue weighted by Crippen LogP contribution is 2.13. The normalized spacial score (nSPS) is 20.1. The van der Waals surface area contributed by atoms with Crippen molar-refractivity contribution in [3.8, 4) is 0 Å². The predicted octanol–water partition coefficient (Wildman–Crippen LogP) is 1.40. The molecule has 0 bridgehead atoms. The summed E-state index contributed by atoms with van der Waals surface area (Å²) in [5.74, 6) is 1.48. The number of hydrogen-bond acceptors (Lipinski definition) is 5. The fraction of sp³-hybridized carbons (Fsp3) is 0.714. The number of nitrogens with zero attached hydrogens (tertiary/aromatic N) is 1. The lowest BCUT2D eigenvalue weighted by atomic mass is 10.2. The Labute approximate surface area is 121 Å². The van der Waals surface area contributed by atoms with E-state index in [-0.39, 0.29) is 5.75 Å². The third kappa shape index (κ3) is 4.92. The van der Waals surface area contributed by atoms with Crippen molar-refractivity contribution in [2.75, 3.05) is 24.6 Å². The molecule has 1 N–H and O–H groups in total. The van der Waals surface area contributed by atoms with Crippen molar-refractivity contribution in [3.63, 3.8) is 0 Å². The van der Waals surface area contributed by atoms with Crippen LogP contribution in [0.4, 0.5) is 0 Å². The fourth-order valence-corrected chi connectivity index (χ4v) is 3.60. The van der Waals surface area contributed by atoms with Crippen LogP contribution in [0.5, 0.6) is 0 Å². The summed E-state index contributed by atoms with van der Waals surface area (Å²) in [6.45, 7) is 7.13. The van der Waals surface area contributed by atoms with E-state index >= 15 is 0 Å². The number of sulfone groups is 1. The molecule has 0 atom stereocenters. The first-order valence-corrected chi connectivity index (χ1v) is 8.99. The molecule has 1 aliphatic rings. The summed E-state index contributed by atoms with van der Waals surface area (Å²) < 4.78 is 28.7. The zero-order valence-corrected chi connectivity index (χ0v) is 13.1. The second-order valence-electron chi connectivity index (χ2n) is 5.74. The second-order valence-corrected chi connectivity index (χ2v) is 8.04. The molecular weight excluding hydrogens is 276 g/mol. The van der Waals surface area contributed by atoms with Gasteiger partial charge in [-0.1, -0.05) is 13.8 Å². The van der Waals surface area contributed by atoms with E-state index in [1.807, 2.05) is 0 Å². The molecule has 1 aromatic rings. The van der Waals surface area contributed by atoms with E-state index in [0.29, 0.717) is 31.3 Å². The summed E-state index contributed by atoms with van der Waals surface area (Å²) in [4.78, 5) is 2.16. The zero-order valence-electron chi connectivity index (χ0n) is 12.3. The summed E-state index contributed by atoms with van der Waals surface area (Å²) >= 11 is 0. The van der Waals surface area contributed by atoms with Gasteiger partial charge in [-0.05, 0) is 19.0 Å². The molecular formula is C14H24N2O3S. The van der Waals surface area contributed by atoms with Gasteiger partial charge in [-0.15, -0.1) is 0 Å². The summed E-state index contributed by atoms with van der Waals surface area (Å²) in [5, 5.41) is 3.35. The smallest absolute Gasteiger partial charge is 0.151 e. The van der Waals surface area contributed by atoms with Crippen molar-refractivity contribution in [1.29, 1.82) is 0 Å². The quantitative estimate of drug-likeness (QED) is 0.890. The van der Waals surface area contributed by atoms with Gasteiger partial charge in [-0.25, -0.2) is 8.42 Å². The largest absolute Gasteiger partial charge is 0.468 e. The summed E-state index contributed by atoms with van der Waals surface area (Å²) in [6.07, 6.45) is 2.49. The lowest BCUT2D eigenvalue weighted by molar-refractivity contribution is 0.262. The maximum atomic E-state index is 11.6. The summed E-state index contributed by atoms with van der Waals surface area (Å²) in [6, 6.07) is 2.50. The maximum absolute atomic E-state index is 11.6. The van der Waals surface area contributed by atoms with Gasteiger partial charge in [0.2, 0.25) is 0 Å². The van der Waals surface area contributed by atoms with Crippen LogP contribution in [0.15, 0.2) is 16.7 Å². The van der Waals surface area contributed by atoms with Crippen molar-refractivity contribution in [2.45, 2.75) is 39.4 Å². The summed E-state index contributed by atoms with van der Waals surface area (Å²) in [5.41, 5.74) is 1.14. The lowest BCUT2D eigenvalue weighted by Crippen LogP contribution is -2.26. The van der Waals surface area contributed by atoms with Crippen LogP contribution in [0.1, 0.15) is 31.6 Å². The Morgan fingerprint density at radius 2 is 2.15 bits per heavy atom. The van der Waals surface area contributed by atoms with E-state index in [9.17, 15) is 8.42 Å². The molecule has 1 aliphatic heterocycles. The van der Waals surface area contributed by atoms with Gasteiger partial charge in [0.05, 0.1) is 24.3 Å². The Kier molecular flexibility index (Phi) is 5.23. The molecule has 1 aromatic heterocycles. The van der Waals surface area contributed by atoms with Gasteiger partial charge in [0.15, 0.2) is 9.84 Å². The Bertz CT molecular complexity index is 522. The molecule has 0 saturated carbocycles. The van der Waals surface area contributed by atoms with E-state index in [1.165, 1.54) is 0 Å². The molecule has 5 nitrogen and oxygen atoms in total. The van der Waals surface area contributed by atoms with Gasteiger partial charge in [0, 0.05) is 24.7 Å². The molecule has 0 amide bonds. The first kappa shape index (κ1) is 15.5. The third-order valence-corrected chi connectivity index (χ3v) is 5.17. The Morgan fingerprint density at radius 1 is 1.35 bits per heavy atom. The molecule has 0 spiro atoms. The maximum Gasteiger partial charge on any atom is 0.151 e. The standard InChI is InChI=1S/C14H24N2O3S/c1-12(2)15-9-13-8-14(19-11-13)10-16-4-3-6-20(17,18)7-5-16/h8,11-12,15H,3-7,9-10H2,1-2H3.